The van der Waals surface area contributed by atoms with E-state index in [0.717, 1.165) is 0 Å². The first-order valence-electron chi connectivity index (χ1n) is 9.10. The molecule has 0 aliphatic carbocycles. The molecule has 3 unspecified atom stereocenters. The van der Waals surface area contributed by atoms with E-state index >= 15 is 0 Å². The smallest absolute Gasteiger partial charge is 0.326 e. The van der Waals surface area contributed by atoms with E-state index in [-0.39, 0.29) is 30.9 Å². The summed E-state index contributed by atoms with van der Waals surface area (Å²) in [6, 6.07) is 2.53. The van der Waals surface area contributed by atoms with Crippen LogP contribution in [-0.4, -0.2) is 57.2 Å². The van der Waals surface area contributed by atoms with Crippen molar-refractivity contribution in [1.82, 2.24) is 10.6 Å². The molecular formula is C19H27N3O7. The lowest BCUT2D eigenvalue weighted by Crippen LogP contribution is -2.56. The molecule has 0 heterocycles. The van der Waals surface area contributed by atoms with Crippen LogP contribution in [0.2, 0.25) is 0 Å². The summed E-state index contributed by atoms with van der Waals surface area (Å²) >= 11 is 0. The van der Waals surface area contributed by atoms with Crippen molar-refractivity contribution in [2.75, 3.05) is 0 Å². The molecule has 1 rings (SSSR count). The topological polar surface area (TPSA) is 179 Å². The van der Waals surface area contributed by atoms with Gasteiger partial charge in [0.25, 0.3) is 0 Å². The molecule has 10 heteroatoms. The Morgan fingerprint density at radius 3 is 2.07 bits per heavy atom. The molecule has 0 aromatic heterocycles. The van der Waals surface area contributed by atoms with Crippen molar-refractivity contribution in [3.8, 4) is 5.75 Å². The molecule has 0 spiro atoms. The normalized spacial score (nSPS) is 13.9. The number of carboxylic acid groups (broad SMARTS) is 2. The molecule has 7 N–H and O–H groups in total. The van der Waals surface area contributed by atoms with Crippen LogP contribution in [0.3, 0.4) is 0 Å². The van der Waals surface area contributed by atoms with Gasteiger partial charge in [-0.05, 0) is 30.0 Å². The van der Waals surface area contributed by atoms with E-state index in [1.807, 2.05) is 0 Å². The van der Waals surface area contributed by atoms with Crippen molar-refractivity contribution in [3.63, 3.8) is 0 Å². The Morgan fingerprint density at radius 2 is 1.59 bits per heavy atom. The first-order valence-corrected chi connectivity index (χ1v) is 9.10. The fourth-order valence-electron chi connectivity index (χ4n) is 2.53. The Balaban J connectivity index is 2.96. The zero-order valence-corrected chi connectivity index (χ0v) is 16.3. The molecule has 160 valence electrons. The van der Waals surface area contributed by atoms with Crippen LogP contribution in [0.15, 0.2) is 24.3 Å². The summed E-state index contributed by atoms with van der Waals surface area (Å²) in [5.41, 5.74) is 6.30. The van der Waals surface area contributed by atoms with Crippen LogP contribution in [0.25, 0.3) is 0 Å². The maximum absolute atomic E-state index is 12.7. The van der Waals surface area contributed by atoms with Gasteiger partial charge in [0.05, 0.1) is 6.04 Å². The number of nitrogens with two attached hydrogens (primary N) is 1. The number of hydrogen-bond acceptors (Lipinski definition) is 6. The quantitative estimate of drug-likeness (QED) is 0.292. The standard InChI is InChI=1S/C19H27N3O7/c1-10(2)16(19(28)29)22-18(27)14(9-11-3-5-12(23)6-4-11)21-17(26)13(20)7-8-15(24)25/h3-6,10,13-14,16,23H,7-9,20H2,1-2H3,(H,21,26)(H,22,27)(H,24,25)(H,28,29). The molecule has 0 aliphatic rings. The van der Waals surface area contributed by atoms with Gasteiger partial charge in [-0.1, -0.05) is 26.0 Å². The highest BCUT2D eigenvalue weighted by molar-refractivity contribution is 5.92. The van der Waals surface area contributed by atoms with Gasteiger partial charge in [-0.2, -0.15) is 0 Å². The number of carbonyl (C=O) groups is 4. The van der Waals surface area contributed by atoms with E-state index in [0.29, 0.717) is 5.56 Å². The average molecular weight is 409 g/mol. The SMILES string of the molecule is CC(C)C(NC(=O)C(Cc1ccc(O)cc1)NC(=O)C(N)CCC(=O)O)C(=O)O. The summed E-state index contributed by atoms with van der Waals surface area (Å²) in [7, 11) is 0. The first kappa shape index (κ1) is 23.9. The second-order valence-electron chi connectivity index (χ2n) is 7.04. The van der Waals surface area contributed by atoms with Crippen LogP contribution in [0.1, 0.15) is 32.3 Å². The molecule has 0 fully saturated rings. The summed E-state index contributed by atoms with van der Waals surface area (Å²) in [4.78, 5) is 47.0. The van der Waals surface area contributed by atoms with Gasteiger partial charge < -0.3 is 31.7 Å². The maximum Gasteiger partial charge on any atom is 0.326 e. The van der Waals surface area contributed by atoms with E-state index in [1.54, 1.807) is 26.0 Å². The lowest BCUT2D eigenvalue weighted by Gasteiger charge is -2.24. The fraction of sp³-hybridized carbons (Fsp3) is 0.474. The third-order valence-corrected chi connectivity index (χ3v) is 4.25. The zero-order chi connectivity index (χ0) is 22.1. The third-order valence-electron chi connectivity index (χ3n) is 4.25. The monoisotopic (exact) mass is 409 g/mol. The summed E-state index contributed by atoms with van der Waals surface area (Å²) in [5.74, 6) is -4.10. The van der Waals surface area contributed by atoms with Gasteiger partial charge in [0.15, 0.2) is 0 Å². The molecule has 3 atom stereocenters. The zero-order valence-electron chi connectivity index (χ0n) is 16.3. The van der Waals surface area contributed by atoms with Crippen molar-refractivity contribution in [1.29, 1.82) is 0 Å². The largest absolute Gasteiger partial charge is 0.508 e. The number of aromatic hydroxyl groups is 1. The van der Waals surface area contributed by atoms with Crippen LogP contribution < -0.4 is 16.4 Å². The average Bonchev–Trinajstić information content (AvgIpc) is 2.64. The molecule has 10 nitrogen and oxygen atoms in total. The highest BCUT2D eigenvalue weighted by Crippen LogP contribution is 2.12. The highest BCUT2D eigenvalue weighted by Gasteiger charge is 2.29. The Labute approximate surface area is 168 Å². The van der Waals surface area contributed by atoms with E-state index in [2.05, 4.69) is 10.6 Å². The second kappa shape index (κ2) is 11.0. The minimum Gasteiger partial charge on any atom is -0.508 e. The number of amides is 2. The number of aliphatic carboxylic acids is 2. The first-order chi connectivity index (χ1) is 13.5. The van der Waals surface area contributed by atoms with Crippen molar-refractivity contribution in [3.05, 3.63) is 29.8 Å². The second-order valence-corrected chi connectivity index (χ2v) is 7.04. The Kier molecular flexibility index (Phi) is 9.07. The van der Waals surface area contributed by atoms with Crippen LogP contribution >= 0.6 is 0 Å². The third kappa shape index (κ3) is 8.18. The molecule has 1 aromatic rings. The van der Waals surface area contributed by atoms with Crippen LogP contribution in [0.4, 0.5) is 0 Å². The van der Waals surface area contributed by atoms with E-state index < -0.39 is 41.9 Å². The number of carbonyl (C=O) groups excluding carboxylic acids is 2. The predicted octanol–water partition coefficient (Wildman–Crippen LogP) is -0.163. The van der Waals surface area contributed by atoms with Gasteiger partial charge in [0.2, 0.25) is 11.8 Å². The summed E-state index contributed by atoms with van der Waals surface area (Å²) in [6.07, 6.45) is -0.399. The molecule has 0 radical (unpaired) electrons. The molecule has 29 heavy (non-hydrogen) atoms. The molecule has 2 amide bonds. The molecule has 1 aromatic carbocycles. The molecule has 0 saturated carbocycles. The summed E-state index contributed by atoms with van der Waals surface area (Å²) < 4.78 is 0. The van der Waals surface area contributed by atoms with Crippen LogP contribution in [0.5, 0.6) is 5.75 Å². The van der Waals surface area contributed by atoms with Crippen molar-refractivity contribution in [2.45, 2.75) is 51.2 Å². The number of carboxylic acids is 2. The van der Waals surface area contributed by atoms with Crippen molar-refractivity contribution >= 4 is 23.8 Å². The minimum absolute atomic E-state index is 0.0218. The number of rotatable bonds is 11. The number of phenolic OH excluding ortho intramolecular Hbond substituents is 1. The number of benzene rings is 1. The van der Waals surface area contributed by atoms with Crippen LogP contribution in [-0.2, 0) is 25.6 Å². The molecule has 0 saturated heterocycles. The number of nitrogens with one attached hydrogen (secondary N) is 2. The highest BCUT2D eigenvalue weighted by atomic mass is 16.4. The van der Waals surface area contributed by atoms with Gasteiger partial charge in [-0.15, -0.1) is 0 Å². The predicted molar refractivity (Wildman–Crippen MR) is 103 cm³/mol. The molecule has 0 aliphatic heterocycles. The van der Waals surface area contributed by atoms with Gasteiger partial charge in [-0.25, -0.2) is 4.79 Å². The van der Waals surface area contributed by atoms with Crippen LogP contribution in [0, 0.1) is 5.92 Å². The van der Waals surface area contributed by atoms with Gasteiger partial charge >= 0.3 is 11.9 Å². The minimum atomic E-state index is -1.21. The van der Waals surface area contributed by atoms with E-state index in [1.165, 1.54) is 12.1 Å². The van der Waals surface area contributed by atoms with E-state index in [4.69, 9.17) is 10.8 Å². The number of hydrogen-bond donors (Lipinski definition) is 6. The lowest BCUT2D eigenvalue weighted by molar-refractivity contribution is -0.143. The van der Waals surface area contributed by atoms with Crippen molar-refractivity contribution < 1.29 is 34.5 Å². The van der Waals surface area contributed by atoms with Gasteiger partial charge in [0.1, 0.15) is 17.8 Å². The lowest BCUT2D eigenvalue weighted by atomic mass is 10.0. The van der Waals surface area contributed by atoms with E-state index in [9.17, 15) is 29.4 Å². The maximum atomic E-state index is 12.7. The summed E-state index contributed by atoms with van der Waals surface area (Å²) in [5, 5.41) is 32.2. The Hall–Kier alpha value is -3.14. The molecule has 0 bridgehead atoms. The van der Waals surface area contributed by atoms with Gasteiger partial charge in [-0.3, -0.25) is 14.4 Å². The molecular weight excluding hydrogens is 382 g/mol. The Bertz CT molecular complexity index is 734. The van der Waals surface area contributed by atoms with Gasteiger partial charge in [0, 0.05) is 12.8 Å². The Morgan fingerprint density at radius 1 is 1.00 bits per heavy atom. The summed E-state index contributed by atoms with van der Waals surface area (Å²) in [6.45, 7) is 3.27. The van der Waals surface area contributed by atoms with Crippen molar-refractivity contribution in [2.24, 2.45) is 11.7 Å². The number of phenols is 1. The fourth-order valence-corrected chi connectivity index (χ4v) is 2.53.